The van der Waals surface area contributed by atoms with Crippen LogP contribution in [0.4, 0.5) is 0 Å². The summed E-state index contributed by atoms with van der Waals surface area (Å²) in [6, 6.07) is 3.60. The molecule has 0 bridgehead atoms. The second kappa shape index (κ2) is 8.05. The maximum atomic E-state index is 12.8. The van der Waals surface area contributed by atoms with Crippen LogP contribution in [0, 0.1) is 18.8 Å². The molecular formula is C20H32N2O3SSi. The fourth-order valence-corrected chi connectivity index (χ4v) is 5.28. The summed E-state index contributed by atoms with van der Waals surface area (Å²) in [4.78, 5) is 29.3. The molecule has 0 aliphatic carbocycles. The molecule has 27 heavy (non-hydrogen) atoms. The Morgan fingerprint density at radius 1 is 1.33 bits per heavy atom. The monoisotopic (exact) mass is 408 g/mol. The van der Waals surface area contributed by atoms with E-state index in [4.69, 9.17) is 4.43 Å². The Labute approximate surface area is 168 Å². The van der Waals surface area contributed by atoms with Gasteiger partial charge in [-0.3, -0.25) is 9.59 Å². The van der Waals surface area contributed by atoms with Crippen molar-refractivity contribution in [2.75, 3.05) is 0 Å². The van der Waals surface area contributed by atoms with E-state index >= 15 is 0 Å². The molecule has 5 nitrogen and oxygen atoms in total. The molecule has 4 atom stereocenters. The van der Waals surface area contributed by atoms with Crippen molar-refractivity contribution in [2.24, 2.45) is 11.8 Å². The van der Waals surface area contributed by atoms with Crippen molar-refractivity contribution in [1.29, 1.82) is 0 Å². The highest BCUT2D eigenvalue weighted by Gasteiger charge is 2.50. The third kappa shape index (κ3) is 4.81. The Balaban J connectivity index is 2.06. The van der Waals surface area contributed by atoms with Crippen molar-refractivity contribution in [2.45, 2.75) is 76.8 Å². The van der Waals surface area contributed by atoms with Gasteiger partial charge in [-0.1, -0.05) is 33.8 Å². The van der Waals surface area contributed by atoms with Crippen molar-refractivity contribution in [3.05, 3.63) is 23.9 Å². The van der Waals surface area contributed by atoms with Gasteiger partial charge in [-0.05, 0) is 55.4 Å². The van der Waals surface area contributed by atoms with Crippen molar-refractivity contribution in [3.8, 4) is 0 Å². The van der Waals surface area contributed by atoms with Gasteiger partial charge in [0.05, 0.1) is 18.1 Å². The smallest absolute Gasteiger partial charge is 0.228 e. The van der Waals surface area contributed by atoms with Gasteiger partial charge in [-0.15, -0.1) is 0 Å². The quantitative estimate of drug-likeness (QED) is 0.435. The van der Waals surface area contributed by atoms with E-state index in [-0.39, 0.29) is 40.0 Å². The van der Waals surface area contributed by atoms with E-state index in [1.165, 1.54) is 0 Å². The number of thioether (sulfide) groups is 1. The van der Waals surface area contributed by atoms with Crippen LogP contribution in [0.1, 0.15) is 40.2 Å². The molecule has 2 heterocycles. The minimum Gasteiger partial charge on any atom is -0.413 e. The van der Waals surface area contributed by atoms with E-state index < -0.39 is 8.32 Å². The SMILES string of the molecule is Cc1cccnc1SC(=O)[C@H](C)C1NC(=O)[C@@H]1C(C)O[Si](C)(C)C(C)(C)C. The number of carbonyl (C=O) groups is 2. The van der Waals surface area contributed by atoms with Gasteiger partial charge >= 0.3 is 0 Å². The standard InChI is InChI=1S/C20H32N2O3SSi/c1-12-10-9-11-21-18(12)26-19(24)13(2)16-15(17(23)22-16)14(3)25-27(7,8)20(4,5)6/h9-11,13-16H,1-8H3,(H,22,23)/t13-,14?,15-,16?/m1/s1. The Kier molecular flexibility index (Phi) is 6.59. The predicted molar refractivity (Wildman–Crippen MR) is 112 cm³/mol. The first-order valence-electron chi connectivity index (χ1n) is 9.46. The number of hydrogen-bond donors (Lipinski definition) is 1. The summed E-state index contributed by atoms with van der Waals surface area (Å²) in [6.07, 6.45) is 1.48. The molecule has 150 valence electrons. The highest BCUT2D eigenvalue weighted by molar-refractivity contribution is 8.13. The summed E-state index contributed by atoms with van der Waals surface area (Å²) >= 11 is 1.15. The average Bonchev–Trinajstić information content (AvgIpc) is 2.52. The van der Waals surface area contributed by atoms with Crippen LogP contribution in [0.25, 0.3) is 0 Å². The Morgan fingerprint density at radius 3 is 2.48 bits per heavy atom. The molecule has 0 saturated carbocycles. The zero-order valence-electron chi connectivity index (χ0n) is 17.6. The summed E-state index contributed by atoms with van der Waals surface area (Å²) in [6.45, 7) is 16.7. The summed E-state index contributed by atoms with van der Waals surface area (Å²) < 4.78 is 6.42. The van der Waals surface area contributed by atoms with Crippen LogP contribution >= 0.6 is 11.8 Å². The van der Waals surface area contributed by atoms with Gasteiger partial charge in [-0.2, -0.15) is 0 Å². The number of aryl methyl sites for hydroxylation is 1. The first kappa shape index (κ1) is 22.1. The third-order valence-electron chi connectivity index (χ3n) is 5.86. The van der Waals surface area contributed by atoms with Crippen LogP contribution in [0.3, 0.4) is 0 Å². The lowest BCUT2D eigenvalue weighted by Crippen LogP contribution is -2.66. The van der Waals surface area contributed by atoms with E-state index in [0.717, 1.165) is 22.4 Å². The maximum absolute atomic E-state index is 12.8. The van der Waals surface area contributed by atoms with Crippen molar-refractivity contribution in [1.82, 2.24) is 10.3 Å². The first-order chi connectivity index (χ1) is 12.3. The number of pyridine rings is 1. The Morgan fingerprint density at radius 2 is 1.96 bits per heavy atom. The molecule has 2 unspecified atom stereocenters. The van der Waals surface area contributed by atoms with Crippen LogP contribution in [-0.4, -0.2) is 36.5 Å². The van der Waals surface area contributed by atoms with Gasteiger partial charge in [0.2, 0.25) is 5.91 Å². The number of β-lactam (4-membered cyclic amide) rings is 1. The molecule has 1 aromatic rings. The minimum absolute atomic E-state index is 0.0197. The van der Waals surface area contributed by atoms with Gasteiger partial charge < -0.3 is 9.74 Å². The first-order valence-corrected chi connectivity index (χ1v) is 13.2. The van der Waals surface area contributed by atoms with E-state index in [0.29, 0.717) is 0 Å². The topological polar surface area (TPSA) is 68.3 Å². The van der Waals surface area contributed by atoms with Crippen molar-refractivity contribution < 1.29 is 14.0 Å². The van der Waals surface area contributed by atoms with Gasteiger partial charge in [-0.25, -0.2) is 4.98 Å². The molecule has 7 heteroatoms. The van der Waals surface area contributed by atoms with Crippen LogP contribution in [0.2, 0.25) is 18.1 Å². The molecule has 0 spiro atoms. The van der Waals surface area contributed by atoms with E-state index in [9.17, 15) is 9.59 Å². The van der Waals surface area contributed by atoms with Crippen LogP contribution in [0.15, 0.2) is 23.4 Å². The Hall–Kier alpha value is -1.18. The predicted octanol–water partition coefficient (Wildman–Crippen LogP) is 4.17. The molecular weight excluding hydrogens is 376 g/mol. The number of nitrogens with zero attached hydrogens (tertiary/aromatic N) is 1. The van der Waals surface area contributed by atoms with Gasteiger partial charge in [0.1, 0.15) is 5.03 Å². The van der Waals surface area contributed by atoms with Crippen molar-refractivity contribution >= 4 is 31.1 Å². The zero-order valence-corrected chi connectivity index (χ0v) is 19.4. The van der Waals surface area contributed by atoms with Crippen LogP contribution in [0.5, 0.6) is 0 Å². The molecule has 1 aliphatic heterocycles. The lowest BCUT2D eigenvalue weighted by Gasteiger charge is -2.46. The molecule has 1 fully saturated rings. The molecule has 0 aromatic carbocycles. The molecule has 1 aromatic heterocycles. The number of aromatic nitrogens is 1. The summed E-state index contributed by atoms with van der Waals surface area (Å²) in [5.41, 5.74) is 0.979. The summed E-state index contributed by atoms with van der Waals surface area (Å²) in [7, 11) is -1.98. The zero-order chi connectivity index (χ0) is 20.6. The maximum Gasteiger partial charge on any atom is 0.228 e. The molecule has 1 N–H and O–H groups in total. The fraction of sp³-hybridized carbons (Fsp3) is 0.650. The molecule has 1 saturated heterocycles. The normalized spacial score (nSPS) is 22.6. The second-order valence-electron chi connectivity index (χ2n) is 8.98. The molecule has 1 aliphatic rings. The average molecular weight is 409 g/mol. The van der Waals surface area contributed by atoms with Crippen LogP contribution < -0.4 is 5.32 Å². The lowest BCUT2D eigenvalue weighted by molar-refractivity contribution is -0.143. The summed E-state index contributed by atoms with van der Waals surface area (Å²) in [5, 5.41) is 3.74. The van der Waals surface area contributed by atoms with Gasteiger partial charge in [0.25, 0.3) is 0 Å². The van der Waals surface area contributed by atoms with E-state index in [1.807, 2.05) is 32.9 Å². The minimum atomic E-state index is -1.98. The molecule has 2 rings (SSSR count). The van der Waals surface area contributed by atoms with Gasteiger partial charge in [0.15, 0.2) is 13.4 Å². The van der Waals surface area contributed by atoms with Crippen molar-refractivity contribution in [3.63, 3.8) is 0 Å². The highest BCUT2D eigenvalue weighted by Crippen LogP contribution is 2.40. The summed E-state index contributed by atoms with van der Waals surface area (Å²) in [5.74, 6) is -0.613. The largest absolute Gasteiger partial charge is 0.413 e. The van der Waals surface area contributed by atoms with E-state index in [2.05, 4.69) is 44.2 Å². The Bertz CT molecular complexity index is 717. The number of carbonyl (C=O) groups excluding carboxylic acids is 2. The number of amides is 1. The lowest BCUT2D eigenvalue weighted by atomic mass is 9.79. The number of hydrogen-bond acceptors (Lipinski definition) is 5. The molecule has 0 radical (unpaired) electrons. The molecule has 1 amide bonds. The third-order valence-corrected chi connectivity index (χ3v) is 11.6. The van der Waals surface area contributed by atoms with Gasteiger partial charge in [0, 0.05) is 12.1 Å². The number of rotatable bonds is 6. The van der Waals surface area contributed by atoms with Crippen LogP contribution in [-0.2, 0) is 14.0 Å². The second-order valence-corrected chi connectivity index (χ2v) is 14.7. The fourth-order valence-electron chi connectivity index (χ4n) is 2.99. The van der Waals surface area contributed by atoms with E-state index in [1.54, 1.807) is 6.20 Å². The number of nitrogens with one attached hydrogen (secondary N) is 1. The highest BCUT2D eigenvalue weighted by atomic mass is 32.2.